The Hall–Kier alpha value is -3.58. The van der Waals surface area contributed by atoms with E-state index in [4.69, 9.17) is 0 Å². The third-order valence-corrected chi connectivity index (χ3v) is 7.02. The maximum Gasteiger partial charge on any atom is 0.229 e. The molecule has 0 aliphatic carbocycles. The van der Waals surface area contributed by atoms with Crippen molar-refractivity contribution in [1.82, 2.24) is 9.78 Å². The van der Waals surface area contributed by atoms with Crippen molar-refractivity contribution >= 4 is 43.4 Å². The van der Waals surface area contributed by atoms with Crippen molar-refractivity contribution in [3.05, 3.63) is 89.1 Å². The molecule has 6 nitrogen and oxygen atoms in total. The molecule has 2 N–H and O–H groups in total. The minimum atomic E-state index is -3.37. The van der Waals surface area contributed by atoms with Crippen LogP contribution in [0.25, 0.3) is 22.0 Å². The van der Waals surface area contributed by atoms with Gasteiger partial charge in [-0.3, -0.25) is 9.40 Å². The van der Waals surface area contributed by atoms with E-state index in [1.54, 1.807) is 6.07 Å². The van der Waals surface area contributed by atoms with Crippen molar-refractivity contribution in [2.24, 2.45) is 0 Å². The van der Waals surface area contributed by atoms with Crippen LogP contribution in [0.5, 0.6) is 0 Å². The van der Waals surface area contributed by atoms with Gasteiger partial charge in [0, 0.05) is 34.9 Å². The van der Waals surface area contributed by atoms with Gasteiger partial charge in [0.25, 0.3) is 0 Å². The summed E-state index contributed by atoms with van der Waals surface area (Å²) in [5.74, 6) is 0. The highest BCUT2D eigenvalue weighted by Gasteiger charge is 2.23. The minimum Gasteiger partial charge on any atom is -0.380 e. The van der Waals surface area contributed by atoms with Gasteiger partial charge in [0.1, 0.15) is 0 Å². The van der Waals surface area contributed by atoms with E-state index in [0.717, 1.165) is 39.7 Å². The molecular formula is C28H30N4O2S. The largest absolute Gasteiger partial charge is 0.380 e. The summed E-state index contributed by atoms with van der Waals surface area (Å²) in [7, 11) is -3.37. The Morgan fingerprint density at radius 2 is 1.89 bits per heavy atom. The predicted molar refractivity (Wildman–Crippen MR) is 145 cm³/mol. The molecule has 4 aromatic rings. The van der Waals surface area contributed by atoms with Crippen molar-refractivity contribution < 1.29 is 8.42 Å². The standard InChI is InChI=1S/C28H30N4O2S/c1-5-23(19-9-8-10-22(13-19)31-35(4,33)34)28-24-11-6-7-12-26(24)29-16-20-15-27-21(14-25(20)28)17-30-32(27)18(2)3/h6-15,17-18,29,31H,5,16H2,1-4H3/b28-23+. The highest BCUT2D eigenvalue weighted by atomic mass is 32.2. The molecule has 0 unspecified atom stereocenters. The van der Waals surface area contributed by atoms with Crippen molar-refractivity contribution in [3.63, 3.8) is 0 Å². The first-order valence-corrected chi connectivity index (χ1v) is 13.8. The van der Waals surface area contributed by atoms with Crippen molar-refractivity contribution in [2.45, 2.75) is 39.8 Å². The Bertz CT molecular complexity index is 1570. The van der Waals surface area contributed by atoms with Gasteiger partial charge in [-0.05, 0) is 78.4 Å². The first kappa shape index (κ1) is 23.2. The molecule has 0 radical (unpaired) electrons. The first-order valence-electron chi connectivity index (χ1n) is 11.9. The third-order valence-electron chi connectivity index (χ3n) is 6.41. The number of aromatic nitrogens is 2. The summed E-state index contributed by atoms with van der Waals surface area (Å²) in [5.41, 5.74) is 9.63. The van der Waals surface area contributed by atoms with Crippen molar-refractivity contribution in [3.8, 4) is 0 Å². The van der Waals surface area contributed by atoms with Crippen LogP contribution in [0, 0.1) is 0 Å². The summed E-state index contributed by atoms with van der Waals surface area (Å²) in [6.45, 7) is 7.14. The van der Waals surface area contributed by atoms with E-state index >= 15 is 0 Å². The van der Waals surface area contributed by atoms with Gasteiger partial charge >= 0.3 is 0 Å². The molecule has 0 amide bonds. The fraction of sp³-hybridized carbons (Fsp3) is 0.250. The lowest BCUT2D eigenvalue weighted by atomic mass is 9.85. The van der Waals surface area contributed by atoms with E-state index in [0.29, 0.717) is 12.2 Å². The number of hydrogen-bond donors (Lipinski definition) is 2. The smallest absolute Gasteiger partial charge is 0.229 e. The topological polar surface area (TPSA) is 76.0 Å². The van der Waals surface area contributed by atoms with E-state index in [2.05, 4.69) is 83.1 Å². The summed E-state index contributed by atoms with van der Waals surface area (Å²) in [6, 6.07) is 20.8. The number of rotatable bonds is 5. The molecule has 1 aliphatic heterocycles. The highest BCUT2D eigenvalue weighted by Crippen LogP contribution is 2.42. The highest BCUT2D eigenvalue weighted by molar-refractivity contribution is 7.92. The number of fused-ring (bicyclic) bond motifs is 3. The van der Waals surface area contributed by atoms with Gasteiger partial charge in [0.05, 0.1) is 18.0 Å². The summed E-state index contributed by atoms with van der Waals surface area (Å²) < 4.78 is 28.4. The molecule has 180 valence electrons. The predicted octanol–water partition coefficient (Wildman–Crippen LogP) is 6.28. The molecule has 2 heterocycles. The minimum absolute atomic E-state index is 0.271. The van der Waals surface area contributed by atoms with Crippen LogP contribution in [0.4, 0.5) is 11.4 Å². The van der Waals surface area contributed by atoms with E-state index in [-0.39, 0.29) is 6.04 Å². The number of hydrogen-bond acceptors (Lipinski definition) is 4. The summed E-state index contributed by atoms with van der Waals surface area (Å²) in [4.78, 5) is 0. The zero-order valence-corrected chi connectivity index (χ0v) is 21.3. The molecule has 0 saturated heterocycles. The first-order chi connectivity index (χ1) is 16.7. The van der Waals surface area contributed by atoms with Crippen LogP contribution in [0.1, 0.15) is 55.5 Å². The SMILES string of the molecule is CC/C(=C1\c2cc3cnn(C(C)C)c3cc2CNc2ccccc21)c1cccc(NS(C)(=O)=O)c1. The number of allylic oxidation sites excluding steroid dienone is 1. The van der Waals surface area contributed by atoms with E-state index < -0.39 is 10.0 Å². The maximum absolute atomic E-state index is 11.9. The Labute approximate surface area is 206 Å². The van der Waals surface area contributed by atoms with Crippen LogP contribution in [-0.4, -0.2) is 24.5 Å². The molecule has 7 heteroatoms. The van der Waals surface area contributed by atoms with Gasteiger partial charge < -0.3 is 5.32 Å². The average molecular weight is 487 g/mol. The molecule has 35 heavy (non-hydrogen) atoms. The van der Waals surface area contributed by atoms with Crippen LogP contribution in [0.15, 0.2) is 66.9 Å². The Morgan fingerprint density at radius 1 is 1.09 bits per heavy atom. The van der Waals surface area contributed by atoms with Crippen molar-refractivity contribution in [2.75, 3.05) is 16.3 Å². The molecule has 1 aliphatic rings. The number of sulfonamides is 1. The van der Waals surface area contributed by atoms with E-state index in [1.807, 2.05) is 18.3 Å². The number of para-hydroxylation sites is 1. The van der Waals surface area contributed by atoms with E-state index in [1.165, 1.54) is 23.0 Å². The monoisotopic (exact) mass is 486 g/mol. The Kier molecular flexibility index (Phi) is 5.89. The average Bonchev–Trinajstić information content (AvgIpc) is 3.16. The Balaban J connectivity index is 1.80. The molecule has 5 rings (SSSR count). The molecule has 0 saturated carbocycles. The molecule has 0 bridgehead atoms. The van der Waals surface area contributed by atoms with Gasteiger partial charge in [-0.1, -0.05) is 37.3 Å². The van der Waals surface area contributed by atoms with Gasteiger partial charge in [0.2, 0.25) is 10.0 Å². The quantitative estimate of drug-likeness (QED) is 0.348. The lowest BCUT2D eigenvalue weighted by molar-refractivity contribution is 0.550. The third kappa shape index (κ3) is 4.44. The second-order valence-electron chi connectivity index (χ2n) is 9.31. The number of nitrogens with zero attached hydrogens (tertiary/aromatic N) is 2. The van der Waals surface area contributed by atoms with E-state index in [9.17, 15) is 8.42 Å². The van der Waals surface area contributed by atoms with Crippen LogP contribution in [0.2, 0.25) is 0 Å². The second kappa shape index (κ2) is 8.89. The number of nitrogens with one attached hydrogen (secondary N) is 2. The van der Waals surface area contributed by atoms with Crippen LogP contribution in [0.3, 0.4) is 0 Å². The molecule has 0 atom stereocenters. The van der Waals surface area contributed by atoms with Crippen LogP contribution < -0.4 is 10.0 Å². The van der Waals surface area contributed by atoms with Gasteiger partial charge in [-0.2, -0.15) is 5.10 Å². The summed E-state index contributed by atoms with van der Waals surface area (Å²) in [6.07, 6.45) is 3.90. The van der Waals surface area contributed by atoms with Gasteiger partial charge in [0.15, 0.2) is 0 Å². The molecule has 0 fully saturated rings. The van der Waals surface area contributed by atoms with Crippen LogP contribution in [-0.2, 0) is 16.6 Å². The molecule has 0 spiro atoms. The summed E-state index contributed by atoms with van der Waals surface area (Å²) in [5, 5.41) is 9.39. The molecule has 1 aromatic heterocycles. The zero-order valence-electron chi connectivity index (χ0n) is 20.5. The van der Waals surface area contributed by atoms with Gasteiger partial charge in [-0.25, -0.2) is 8.42 Å². The lowest BCUT2D eigenvalue weighted by Crippen LogP contribution is -2.09. The number of benzene rings is 3. The summed E-state index contributed by atoms with van der Waals surface area (Å²) >= 11 is 0. The fourth-order valence-corrected chi connectivity index (χ4v) is 5.51. The van der Waals surface area contributed by atoms with Gasteiger partial charge in [-0.15, -0.1) is 0 Å². The lowest BCUT2D eigenvalue weighted by Gasteiger charge is -2.19. The van der Waals surface area contributed by atoms with Crippen molar-refractivity contribution in [1.29, 1.82) is 0 Å². The van der Waals surface area contributed by atoms with Crippen LogP contribution >= 0.6 is 0 Å². The second-order valence-corrected chi connectivity index (χ2v) is 11.1. The fourth-order valence-electron chi connectivity index (χ4n) is 4.95. The number of anilines is 2. The normalized spacial score (nSPS) is 14.8. The maximum atomic E-state index is 11.9. The Morgan fingerprint density at radius 3 is 2.63 bits per heavy atom. The molecular weight excluding hydrogens is 456 g/mol. The zero-order chi connectivity index (χ0) is 24.7. The molecule has 3 aromatic carbocycles.